The third-order valence-electron chi connectivity index (χ3n) is 1.27. The van der Waals surface area contributed by atoms with E-state index < -0.39 is 0 Å². The molecule has 1 aromatic heterocycles. The maximum absolute atomic E-state index is 9.96. The molecule has 0 fully saturated rings. The van der Waals surface area contributed by atoms with E-state index in [1.165, 1.54) is 11.3 Å². The third-order valence-corrected chi connectivity index (χ3v) is 2.45. The number of thiazole rings is 1. The lowest BCUT2D eigenvalue weighted by molar-refractivity contribution is -0.107. The summed E-state index contributed by atoms with van der Waals surface area (Å²) in [4.78, 5) is 15.0. The summed E-state index contributed by atoms with van der Waals surface area (Å²) in [5, 5.41) is 0. The van der Waals surface area contributed by atoms with Crippen molar-refractivity contribution >= 4 is 29.2 Å². The van der Waals surface area contributed by atoms with Crippen LogP contribution in [0, 0.1) is 0 Å². The highest BCUT2D eigenvalue weighted by molar-refractivity contribution is 7.15. The van der Waals surface area contributed by atoms with E-state index in [9.17, 15) is 4.79 Å². The SMILES string of the molecule is O=CCCCc1cnc(Cl)s1. The molecule has 0 N–H and O–H groups in total. The zero-order valence-electron chi connectivity index (χ0n) is 5.92. The number of halogens is 1. The summed E-state index contributed by atoms with van der Waals surface area (Å²) in [7, 11) is 0. The van der Waals surface area contributed by atoms with E-state index in [0.29, 0.717) is 10.9 Å². The maximum Gasteiger partial charge on any atom is 0.183 e. The van der Waals surface area contributed by atoms with Gasteiger partial charge in [0.2, 0.25) is 0 Å². The van der Waals surface area contributed by atoms with E-state index in [4.69, 9.17) is 11.6 Å². The van der Waals surface area contributed by atoms with Gasteiger partial charge < -0.3 is 4.79 Å². The molecule has 0 atom stereocenters. The first-order chi connectivity index (χ1) is 5.33. The van der Waals surface area contributed by atoms with Crippen molar-refractivity contribution in [1.29, 1.82) is 0 Å². The van der Waals surface area contributed by atoms with Crippen LogP contribution in [-0.4, -0.2) is 11.3 Å². The summed E-state index contributed by atoms with van der Waals surface area (Å²) in [6.45, 7) is 0. The van der Waals surface area contributed by atoms with Crippen LogP contribution in [0.5, 0.6) is 0 Å². The fourth-order valence-electron chi connectivity index (χ4n) is 0.759. The van der Waals surface area contributed by atoms with Gasteiger partial charge in [-0.15, -0.1) is 11.3 Å². The monoisotopic (exact) mass is 189 g/mol. The number of rotatable bonds is 4. The summed E-state index contributed by atoms with van der Waals surface area (Å²) < 4.78 is 0.575. The summed E-state index contributed by atoms with van der Waals surface area (Å²) in [5.41, 5.74) is 0. The second-order valence-electron chi connectivity index (χ2n) is 2.14. The Labute approximate surface area is 74.2 Å². The fourth-order valence-corrected chi connectivity index (χ4v) is 1.78. The van der Waals surface area contributed by atoms with Crippen LogP contribution in [0.4, 0.5) is 0 Å². The molecule has 0 aliphatic rings. The summed E-state index contributed by atoms with van der Waals surface area (Å²) in [6.07, 6.45) is 5.11. The molecule has 2 nitrogen and oxygen atoms in total. The van der Waals surface area contributed by atoms with Crippen molar-refractivity contribution in [3.8, 4) is 0 Å². The van der Waals surface area contributed by atoms with Crippen LogP contribution in [-0.2, 0) is 11.2 Å². The van der Waals surface area contributed by atoms with Crippen LogP contribution in [0.1, 0.15) is 17.7 Å². The first kappa shape index (κ1) is 8.68. The number of hydrogen-bond donors (Lipinski definition) is 0. The molecule has 0 spiro atoms. The molecule has 1 aromatic rings. The average molecular weight is 190 g/mol. The van der Waals surface area contributed by atoms with Gasteiger partial charge in [0.1, 0.15) is 6.29 Å². The molecule has 0 bridgehead atoms. The highest BCUT2D eigenvalue weighted by atomic mass is 35.5. The van der Waals surface area contributed by atoms with Crippen LogP contribution in [0.25, 0.3) is 0 Å². The lowest BCUT2D eigenvalue weighted by atomic mass is 10.2. The first-order valence-corrected chi connectivity index (χ1v) is 4.56. The Balaban J connectivity index is 2.32. The Kier molecular flexibility index (Phi) is 3.52. The highest BCUT2D eigenvalue weighted by Crippen LogP contribution is 2.18. The molecule has 0 aromatic carbocycles. The largest absolute Gasteiger partial charge is 0.303 e. The highest BCUT2D eigenvalue weighted by Gasteiger charge is 1.97. The predicted octanol–water partition coefficient (Wildman–Crippen LogP) is 2.32. The minimum absolute atomic E-state index is 0.575. The summed E-state index contributed by atoms with van der Waals surface area (Å²) in [6, 6.07) is 0. The van der Waals surface area contributed by atoms with E-state index in [2.05, 4.69) is 4.98 Å². The smallest absolute Gasteiger partial charge is 0.183 e. The Morgan fingerprint density at radius 3 is 3.09 bits per heavy atom. The number of carbonyl (C=O) groups is 1. The third kappa shape index (κ3) is 2.99. The van der Waals surface area contributed by atoms with Crippen LogP contribution in [0.3, 0.4) is 0 Å². The summed E-state index contributed by atoms with van der Waals surface area (Å²) >= 11 is 7.09. The van der Waals surface area contributed by atoms with Crippen molar-refractivity contribution in [2.24, 2.45) is 0 Å². The van der Waals surface area contributed by atoms with Gasteiger partial charge >= 0.3 is 0 Å². The zero-order chi connectivity index (χ0) is 8.10. The standard InChI is InChI=1S/C7H8ClNOS/c8-7-9-5-6(11-7)3-1-2-4-10/h4-5H,1-3H2. The molecule has 0 saturated heterocycles. The van der Waals surface area contributed by atoms with Gasteiger partial charge in [0.15, 0.2) is 4.47 Å². The quantitative estimate of drug-likeness (QED) is 0.538. The van der Waals surface area contributed by atoms with Crippen LogP contribution in [0.2, 0.25) is 4.47 Å². The van der Waals surface area contributed by atoms with Gasteiger partial charge in [0.25, 0.3) is 0 Å². The van der Waals surface area contributed by atoms with Gasteiger partial charge in [0, 0.05) is 17.5 Å². The number of aryl methyl sites for hydroxylation is 1. The normalized spacial score (nSPS) is 9.91. The van der Waals surface area contributed by atoms with Crippen molar-refractivity contribution in [2.45, 2.75) is 19.3 Å². The lowest BCUT2D eigenvalue weighted by Gasteiger charge is -1.89. The molecule has 1 rings (SSSR count). The lowest BCUT2D eigenvalue weighted by Crippen LogP contribution is -1.80. The Bertz CT molecular complexity index is 236. The van der Waals surface area contributed by atoms with E-state index in [0.717, 1.165) is 24.0 Å². The van der Waals surface area contributed by atoms with Crippen LogP contribution < -0.4 is 0 Å². The van der Waals surface area contributed by atoms with Gasteiger partial charge in [-0.1, -0.05) is 11.6 Å². The molecular weight excluding hydrogens is 182 g/mol. The fraction of sp³-hybridized carbons (Fsp3) is 0.429. The van der Waals surface area contributed by atoms with Crippen molar-refractivity contribution in [3.05, 3.63) is 15.5 Å². The molecule has 4 heteroatoms. The number of carbonyl (C=O) groups excluding carboxylic acids is 1. The van der Waals surface area contributed by atoms with Crippen LogP contribution in [0.15, 0.2) is 6.20 Å². The Hall–Kier alpha value is -0.410. The molecule has 0 unspecified atom stereocenters. The zero-order valence-corrected chi connectivity index (χ0v) is 7.49. The van der Waals surface area contributed by atoms with Gasteiger partial charge in [-0.25, -0.2) is 4.98 Å². The topological polar surface area (TPSA) is 30.0 Å². The number of nitrogens with zero attached hydrogens (tertiary/aromatic N) is 1. The molecule has 0 radical (unpaired) electrons. The molecular formula is C7H8ClNOS. The number of aldehydes is 1. The van der Waals surface area contributed by atoms with E-state index in [-0.39, 0.29) is 0 Å². The average Bonchev–Trinajstić information content (AvgIpc) is 2.37. The van der Waals surface area contributed by atoms with Gasteiger partial charge in [-0.2, -0.15) is 0 Å². The molecule has 1 heterocycles. The first-order valence-electron chi connectivity index (χ1n) is 3.37. The van der Waals surface area contributed by atoms with E-state index in [1.54, 1.807) is 6.20 Å². The van der Waals surface area contributed by atoms with Crippen molar-refractivity contribution < 1.29 is 4.79 Å². The minimum atomic E-state index is 0.575. The van der Waals surface area contributed by atoms with E-state index >= 15 is 0 Å². The maximum atomic E-state index is 9.96. The number of hydrogen-bond acceptors (Lipinski definition) is 3. The number of aromatic nitrogens is 1. The second kappa shape index (κ2) is 4.46. The summed E-state index contributed by atoms with van der Waals surface area (Å²) in [5.74, 6) is 0. The minimum Gasteiger partial charge on any atom is -0.303 e. The number of unbranched alkanes of at least 4 members (excludes halogenated alkanes) is 1. The molecule has 0 aliphatic carbocycles. The van der Waals surface area contributed by atoms with Gasteiger partial charge in [-0.3, -0.25) is 0 Å². The molecule has 11 heavy (non-hydrogen) atoms. The second-order valence-corrected chi connectivity index (χ2v) is 3.84. The van der Waals surface area contributed by atoms with Gasteiger partial charge in [0.05, 0.1) is 0 Å². The molecule has 60 valence electrons. The molecule has 0 amide bonds. The van der Waals surface area contributed by atoms with Crippen molar-refractivity contribution in [3.63, 3.8) is 0 Å². The van der Waals surface area contributed by atoms with E-state index in [1.807, 2.05) is 0 Å². The van der Waals surface area contributed by atoms with Gasteiger partial charge in [-0.05, 0) is 12.8 Å². The Morgan fingerprint density at radius 1 is 1.73 bits per heavy atom. The molecule has 0 aliphatic heterocycles. The predicted molar refractivity (Wildman–Crippen MR) is 46.1 cm³/mol. The van der Waals surface area contributed by atoms with Crippen molar-refractivity contribution in [2.75, 3.05) is 0 Å². The van der Waals surface area contributed by atoms with Crippen molar-refractivity contribution in [1.82, 2.24) is 4.98 Å². The van der Waals surface area contributed by atoms with Crippen LogP contribution >= 0.6 is 22.9 Å². The molecule has 0 saturated carbocycles. The Morgan fingerprint density at radius 2 is 2.55 bits per heavy atom.